The topological polar surface area (TPSA) is 33.4 Å². The van der Waals surface area contributed by atoms with E-state index in [1.807, 2.05) is 38.1 Å². The third kappa shape index (κ3) is 1.57. The molecular weight excluding hydrogens is 188 g/mol. The van der Waals surface area contributed by atoms with Gasteiger partial charge in [0.2, 0.25) is 0 Å². The van der Waals surface area contributed by atoms with Gasteiger partial charge in [0, 0.05) is 10.9 Å². The smallest absolute Gasteiger partial charge is 0.134 e. The summed E-state index contributed by atoms with van der Waals surface area (Å²) in [7, 11) is 0. The summed E-state index contributed by atoms with van der Waals surface area (Å²) >= 11 is 0. The first-order valence-electron chi connectivity index (χ1n) is 4.92. The Labute approximate surface area is 88.8 Å². The third-order valence-electron chi connectivity index (χ3n) is 2.56. The Morgan fingerprint density at radius 3 is 2.73 bits per heavy atom. The Kier molecular flexibility index (Phi) is 2.37. The molecule has 0 fully saturated rings. The van der Waals surface area contributed by atoms with Gasteiger partial charge in [0.1, 0.15) is 17.4 Å². The first kappa shape index (κ1) is 9.99. The van der Waals surface area contributed by atoms with E-state index in [9.17, 15) is 5.11 Å². The molecule has 1 atom stereocenters. The molecule has 1 unspecified atom stereocenters. The van der Waals surface area contributed by atoms with Gasteiger partial charge in [0.25, 0.3) is 0 Å². The molecule has 0 amide bonds. The lowest BCUT2D eigenvalue weighted by Gasteiger charge is -2.09. The van der Waals surface area contributed by atoms with Crippen molar-refractivity contribution < 1.29 is 9.52 Å². The van der Waals surface area contributed by atoms with Crippen LogP contribution in [-0.4, -0.2) is 5.11 Å². The second-order valence-corrected chi connectivity index (χ2v) is 3.82. The van der Waals surface area contributed by atoms with E-state index < -0.39 is 6.10 Å². The molecule has 1 N–H and O–H groups in total. The Bertz CT molecular complexity index is 508. The summed E-state index contributed by atoms with van der Waals surface area (Å²) in [6.07, 6.45) is -0.645. The molecule has 0 bridgehead atoms. The fourth-order valence-corrected chi connectivity index (χ4v) is 1.77. The quantitative estimate of drug-likeness (QED) is 0.757. The number of furan rings is 1. The lowest BCUT2D eigenvalue weighted by atomic mass is 10.0. The average molecular weight is 202 g/mol. The fourth-order valence-electron chi connectivity index (χ4n) is 1.77. The van der Waals surface area contributed by atoms with Gasteiger partial charge in [0.05, 0.1) is 0 Å². The minimum absolute atomic E-state index is 0.645. The molecule has 15 heavy (non-hydrogen) atoms. The van der Waals surface area contributed by atoms with Crippen LogP contribution in [0.15, 0.2) is 40.8 Å². The van der Waals surface area contributed by atoms with Gasteiger partial charge < -0.3 is 9.52 Å². The molecule has 1 heterocycles. The molecule has 0 spiro atoms. The Morgan fingerprint density at radius 2 is 2.07 bits per heavy atom. The van der Waals surface area contributed by atoms with E-state index >= 15 is 0 Å². The van der Waals surface area contributed by atoms with Gasteiger partial charge in [-0.3, -0.25) is 0 Å². The van der Waals surface area contributed by atoms with Crippen molar-refractivity contribution in [3.63, 3.8) is 0 Å². The molecule has 1 aromatic heterocycles. The summed E-state index contributed by atoms with van der Waals surface area (Å²) in [6.45, 7) is 7.44. The number of benzene rings is 1. The minimum Gasteiger partial charge on any atom is -0.461 e. The predicted octanol–water partition coefficient (Wildman–Crippen LogP) is 3.35. The van der Waals surface area contributed by atoms with Crippen molar-refractivity contribution in [1.29, 1.82) is 0 Å². The second-order valence-electron chi connectivity index (χ2n) is 3.82. The van der Waals surface area contributed by atoms with E-state index in [0.717, 1.165) is 27.9 Å². The number of fused-ring (bicyclic) bond motifs is 1. The highest BCUT2D eigenvalue weighted by molar-refractivity contribution is 5.82. The molecule has 2 aromatic rings. The van der Waals surface area contributed by atoms with Crippen molar-refractivity contribution in [2.75, 3.05) is 0 Å². The molecule has 0 aliphatic heterocycles. The van der Waals surface area contributed by atoms with Crippen LogP contribution in [-0.2, 0) is 0 Å². The summed E-state index contributed by atoms with van der Waals surface area (Å²) in [4.78, 5) is 0. The highest BCUT2D eigenvalue weighted by atomic mass is 16.3. The van der Waals surface area contributed by atoms with Crippen LogP contribution in [0.3, 0.4) is 0 Å². The predicted molar refractivity (Wildman–Crippen MR) is 60.7 cm³/mol. The molecule has 0 saturated carbocycles. The van der Waals surface area contributed by atoms with E-state index in [-0.39, 0.29) is 0 Å². The van der Waals surface area contributed by atoms with Crippen LogP contribution in [0, 0.1) is 6.92 Å². The Hall–Kier alpha value is -1.54. The Morgan fingerprint density at radius 1 is 1.40 bits per heavy atom. The average Bonchev–Trinajstić information content (AvgIpc) is 2.52. The summed E-state index contributed by atoms with van der Waals surface area (Å²) in [5, 5.41) is 11.0. The van der Waals surface area contributed by atoms with Crippen molar-refractivity contribution >= 4 is 11.0 Å². The maximum Gasteiger partial charge on any atom is 0.134 e. The number of aliphatic hydroxyl groups excluding tert-OH is 1. The van der Waals surface area contributed by atoms with Crippen LogP contribution in [0.4, 0.5) is 0 Å². The van der Waals surface area contributed by atoms with E-state index in [4.69, 9.17) is 4.42 Å². The van der Waals surface area contributed by atoms with Gasteiger partial charge in [-0.1, -0.05) is 24.8 Å². The normalized spacial score (nSPS) is 13.0. The van der Waals surface area contributed by atoms with Gasteiger partial charge in [-0.25, -0.2) is 0 Å². The van der Waals surface area contributed by atoms with Gasteiger partial charge in [-0.2, -0.15) is 0 Å². The van der Waals surface area contributed by atoms with E-state index in [2.05, 4.69) is 6.58 Å². The van der Waals surface area contributed by atoms with Gasteiger partial charge in [-0.15, -0.1) is 0 Å². The van der Waals surface area contributed by atoms with Gasteiger partial charge in [-0.05, 0) is 25.5 Å². The second kappa shape index (κ2) is 3.55. The summed E-state index contributed by atoms with van der Waals surface area (Å²) < 4.78 is 5.57. The molecule has 2 rings (SSSR count). The number of rotatable bonds is 2. The van der Waals surface area contributed by atoms with Crippen LogP contribution >= 0.6 is 0 Å². The van der Waals surface area contributed by atoms with E-state index in [1.165, 1.54) is 0 Å². The zero-order valence-corrected chi connectivity index (χ0v) is 8.95. The maximum absolute atomic E-state index is 10.0. The number of hydrogen-bond donors (Lipinski definition) is 1. The van der Waals surface area contributed by atoms with E-state index in [1.54, 1.807) is 0 Å². The van der Waals surface area contributed by atoms with Crippen molar-refractivity contribution in [1.82, 2.24) is 0 Å². The first-order valence-corrected chi connectivity index (χ1v) is 4.92. The zero-order chi connectivity index (χ0) is 11.0. The van der Waals surface area contributed by atoms with Crippen LogP contribution < -0.4 is 0 Å². The lowest BCUT2D eigenvalue weighted by molar-refractivity contribution is 0.215. The first-order chi connectivity index (χ1) is 7.11. The molecule has 0 radical (unpaired) electrons. The number of para-hydroxylation sites is 1. The number of hydrogen-bond acceptors (Lipinski definition) is 2. The Balaban J connectivity index is 2.68. The number of aryl methyl sites for hydroxylation is 1. The zero-order valence-electron chi connectivity index (χ0n) is 8.95. The van der Waals surface area contributed by atoms with Crippen LogP contribution in [0.5, 0.6) is 0 Å². The van der Waals surface area contributed by atoms with Gasteiger partial charge >= 0.3 is 0 Å². The van der Waals surface area contributed by atoms with Crippen LogP contribution in [0.25, 0.3) is 11.0 Å². The third-order valence-corrected chi connectivity index (χ3v) is 2.56. The standard InChI is InChI=1S/C13H14O2/c1-8(2)13(14)12-9(3)15-11-7-5-4-6-10(11)12/h4-7,13-14H,1H2,2-3H3. The van der Waals surface area contributed by atoms with Crippen LogP contribution in [0.2, 0.25) is 0 Å². The SMILES string of the molecule is C=C(C)C(O)c1c(C)oc2ccccc12. The molecule has 0 saturated heterocycles. The highest BCUT2D eigenvalue weighted by Crippen LogP contribution is 2.32. The molecule has 1 aromatic carbocycles. The minimum atomic E-state index is -0.645. The molecule has 2 heteroatoms. The molecule has 78 valence electrons. The van der Waals surface area contributed by atoms with Crippen LogP contribution in [0.1, 0.15) is 24.4 Å². The summed E-state index contributed by atoms with van der Waals surface area (Å²) in [6, 6.07) is 7.71. The molecule has 0 aliphatic rings. The monoisotopic (exact) mass is 202 g/mol. The van der Waals surface area contributed by atoms with Crippen molar-refractivity contribution in [3.8, 4) is 0 Å². The lowest BCUT2D eigenvalue weighted by Crippen LogP contribution is -1.98. The summed E-state index contributed by atoms with van der Waals surface area (Å²) in [5.41, 5.74) is 2.37. The molecular formula is C13H14O2. The van der Waals surface area contributed by atoms with E-state index in [0.29, 0.717) is 0 Å². The fraction of sp³-hybridized carbons (Fsp3) is 0.231. The molecule has 0 aliphatic carbocycles. The molecule has 2 nitrogen and oxygen atoms in total. The van der Waals surface area contributed by atoms with Gasteiger partial charge in [0.15, 0.2) is 0 Å². The summed E-state index contributed by atoms with van der Waals surface area (Å²) in [5.74, 6) is 0.756. The van der Waals surface area contributed by atoms with Crippen molar-refractivity contribution in [2.24, 2.45) is 0 Å². The maximum atomic E-state index is 10.0. The van der Waals surface area contributed by atoms with Crippen molar-refractivity contribution in [3.05, 3.63) is 47.7 Å². The van der Waals surface area contributed by atoms with Crippen molar-refractivity contribution in [2.45, 2.75) is 20.0 Å². The largest absolute Gasteiger partial charge is 0.461 e. The highest BCUT2D eigenvalue weighted by Gasteiger charge is 2.18. The number of aliphatic hydroxyl groups is 1.